The van der Waals surface area contributed by atoms with Crippen LogP contribution in [-0.4, -0.2) is 30.1 Å². The number of nitrogens with zero attached hydrogens (tertiary/aromatic N) is 3. The highest BCUT2D eigenvalue weighted by molar-refractivity contribution is 6.37. The van der Waals surface area contributed by atoms with Crippen LogP contribution in [0, 0.1) is 0 Å². The molecule has 0 saturated carbocycles. The number of nitrogen functional groups attached to an aromatic ring is 1. The van der Waals surface area contributed by atoms with Crippen LogP contribution in [0.4, 0.5) is 11.6 Å². The molecule has 0 saturated heterocycles. The van der Waals surface area contributed by atoms with Crippen LogP contribution < -0.4 is 20.1 Å². The molecule has 9 heteroatoms. The molecule has 1 amide bonds. The highest BCUT2D eigenvalue weighted by atomic mass is 35.5. The number of rotatable bonds is 4. The standard InChI is InChI=1S/C20H16Cl2N4O3/c1-28-11-5-3-4-10(6-11)26-9-13-17(24-20(23)25-18(13)19(26)27)12-7-16(29-2)15(22)8-14(12)21/h3-8H,9H2,1-2H3,(H2,23,24,25). The second kappa shape index (κ2) is 7.42. The quantitative estimate of drug-likeness (QED) is 0.666. The molecule has 2 aromatic carbocycles. The van der Waals surface area contributed by atoms with Gasteiger partial charge in [0.2, 0.25) is 5.95 Å². The van der Waals surface area contributed by atoms with E-state index in [1.54, 1.807) is 36.3 Å². The first-order chi connectivity index (χ1) is 13.9. The van der Waals surface area contributed by atoms with Gasteiger partial charge in [0.25, 0.3) is 5.91 Å². The molecular weight excluding hydrogens is 415 g/mol. The summed E-state index contributed by atoms with van der Waals surface area (Å²) >= 11 is 12.6. The van der Waals surface area contributed by atoms with E-state index in [0.717, 1.165) is 0 Å². The zero-order valence-corrected chi connectivity index (χ0v) is 17.1. The van der Waals surface area contributed by atoms with Crippen LogP contribution >= 0.6 is 23.2 Å². The third-order valence-corrected chi connectivity index (χ3v) is 5.26. The van der Waals surface area contributed by atoms with E-state index < -0.39 is 0 Å². The summed E-state index contributed by atoms with van der Waals surface area (Å²) in [4.78, 5) is 23.2. The molecule has 1 aliphatic rings. The third-order valence-electron chi connectivity index (χ3n) is 4.65. The van der Waals surface area contributed by atoms with Gasteiger partial charge in [-0.05, 0) is 24.3 Å². The Morgan fingerprint density at radius 2 is 1.79 bits per heavy atom. The van der Waals surface area contributed by atoms with Gasteiger partial charge in [0.1, 0.15) is 17.2 Å². The van der Waals surface area contributed by atoms with E-state index in [-0.39, 0.29) is 24.1 Å². The maximum atomic E-state index is 13.1. The number of carbonyl (C=O) groups is 1. The summed E-state index contributed by atoms with van der Waals surface area (Å²) in [7, 11) is 3.07. The number of carbonyl (C=O) groups excluding carboxylic acids is 1. The van der Waals surface area contributed by atoms with Crippen molar-refractivity contribution in [3.8, 4) is 22.8 Å². The molecule has 3 aromatic rings. The second-order valence-electron chi connectivity index (χ2n) is 6.32. The van der Waals surface area contributed by atoms with E-state index in [4.69, 9.17) is 38.4 Å². The van der Waals surface area contributed by atoms with Gasteiger partial charge in [-0.1, -0.05) is 29.3 Å². The molecule has 0 atom stereocenters. The molecule has 0 spiro atoms. The fraction of sp³-hybridized carbons (Fsp3) is 0.150. The first kappa shape index (κ1) is 19.3. The minimum atomic E-state index is -0.277. The average Bonchev–Trinajstić information content (AvgIpc) is 3.04. The summed E-state index contributed by atoms with van der Waals surface area (Å²) in [6.45, 7) is 0.262. The van der Waals surface area contributed by atoms with Crippen molar-refractivity contribution in [1.82, 2.24) is 9.97 Å². The number of nitrogens with two attached hydrogens (primary N) is 1. The predicted octanol–water partition coefficient (Wildman–Crippen LogP) is 4.21. The number of fused-ring (bicyclic) bond motifs is 1. The number of aromatic nitrogens is 2. The summed E-state index contributed by atoms with van der Waals surface area (Å²) < 4.78 is 10.6. The third kappa shape index (κ3) is 3.32. The van der Waals surface area contributed by atoms with Crippen molar-refractivity contribution >= 4 is 40.7 Å². The summed E-state index contributed by atoms with van der Waals surface area (Å²) in [6, 6.07) is 10.5. The highest BCUT2D eigenvalue weighted by Crippen LogP contribution is 2.40. The van der Waals surface area contributed by atoms with Crippen LogP contribution in [0.2, 0.25) is 10.0 Å². The zero-order valence-electron chi connectivity index (χ0n) is 15.6. The Balaban J connectivity index is 1.85. The highest BCUT2D eigenvalue weighted by Gasteiger charge is 2.34. The van der Waals surface area contributed by atoms with E-state index in [0.29, 0.717) is 44.1 Å². The van der Waals surface area contributed by atoms with Gasteiger partial charge < -0.3 is 20.1 Å². The predicted molar refractivity (Wildman–Crippen MR) is 112 cm³/mol. The monoisotopic (exact) mass is 430 g/mol. The second-order valence-corrected chi connectivity index (χ2v) is 7.13. The van der Waals surface area contributed by atoms with Crippen molar-refractivity contribution in [2.45, 2.75) is 6.54 Å². The summed E-state index contributed by atoms with van der Waals surface area (Å²) in [5.41, 5.74) is 8.45. The Morgan fingerprint density at radius 3 is 2.52 bits per heavy atom. The smallest absolute Gasteiger partial charge is 0.277 e. The number of hydrogen-bond acceptors (Lipinski definition) is 6. The largest absolute Gasteiger partial charge is 0.497 e. The van der Waals surface area contributed by atoms with Gasteiger partial charge in [-0.3, -0.25) is 4.79 Å². The number of methoxy groups -OCH3 is 2. The fourth-order valence-electron chi connectivity index (χ4n) is 3.26. The van der Waals surface area contributed by atoms with E-state index in [2.05, 4.69) is 9.97 Å². The molecule has 7 nitrogen and oxygen atoms in total. The molecule has 2 N–H and O–H groups in total. The van der Waals surface area contributed by atoms with Crippen molar-refractivity contribution in [3.05, 3.63) is 57.7 Å². The van der Waals surface area contributed by atoms with Crippen molar-refractivity contribution in [2.75, 3.05) is 24.9 Å². The fourth-order valence-corrected chi connectivity index (χ4v) is 3.81. The topological polar surface area (TPSA) is 90.6 Å². The van der Waals surface area contributed by atoms with E-state index in [1.807, 2.05) is 12.1 Å². The molecule has 4 rings (SSSR count). The van der Waals surface area contributed by atoms with Crippen molar-refractivity contribution in [3.63, 3.8) is 0 Å². The molecule has 148 valence electrons. The van der Waals surface area contributed by atoms with Crippen LogP contribution in [0.1, 0.15) is 16.1 Å². The molecule has 1 aliphatic heterocycles. The van der Waals surface area contributed by atoms with Gasteiger partial charge in [-0.15, -0.1) is 0 Å². The van der Waals surface area contributed by atoms with Gasteiger partial charge in [-0.25, -0.2) is 9.97 Å². The lowest BCUT2D eigenvalue weighted by atomic mass is 10.1. The molecule has 0 fully saturated rings. The minimum absolute atomic E-state index is 0.0235. The molecule has 0 aliphatic carbocycles. The van der Waals surface area contributed by atoms with Crippen LogP contribution in [-0.2, 0) is 6.54 Å². The maximum absolute atomic E-state index is 13.1. The van der Waals surface area contributed by atoms with Gasteiger partial charge in [0.15, 0.2) is 0 Å². The Hall–Kier alpha value is -3.03. The summed E-state index contributed by atoms with van der Waals surface area (Å²) in [6.07, 6.45) is 0. The SMILES string of the molecule is COc1cccc(N2Cc3c(nc(N)nc3-c3cc(OC)c(Cl)cc3Cl)C2=O)c1. The van der Waals surface area contributed by atoms with Crippen LogP contribution in [0.25, 0.3) is 11.3 Å². The molecular formula is C20H16Cl2N4O3. The van der Waals surface area contributed by atoms with Crippen molar-refractivity contribution in [1.29, 1.82) is 0 Å². The molecule has 0 radical (unpaired) electrons. The molecule has 1 aromatic heterocycles. The first-order valence-corrected chi connectivity index (χ1v) is 9.34. The van der Waals surface area contributed by atoms with Gasteiger partial charge in [0.05, 0.1) is 36.5 Å². The zero-order chi connectivity index (χ0) is 20.7. The van der Waals surface area contributed by atoms with Gasteiger partial charge >= 0.3 is 0 Å². The Bertz CT molecular complexity index is 1140. The lowest BCUT2D eigenvalue weighted by Crippen LogP contribution is -2.23. The Labute approximate surface area is 177 Å². The number of amides is 1. The van der Waals surface area contributed by atoms with E-state index in [1.165, 1.54) is 7.11 Å². The molecule has 0 bridgehead atoms. The van der Waals surface area contributed by atoms with Crippen LogP contribution in [0.15, 0.2) is 36.4 Å². The van der Waals surface area contributed by atoms with Crippen LogP contribution in [0.3, 0.4) is 0 Å². The van der Waals surface area contributed by atoms with Gasteiger partial charge in [0, 0.05) is 22.9 Å². The number of anilines is 2. The van der Waals surface area contributed by atoms with Crippen molar-refractivity contribution in [2.24, 2.45) is 0 Å². The Morgan fingerprint density at radius 1 is 1.03 bits per heavy atom. The summed E-state index contributed by atoms with van der Waals surface area (Å²) in [5, 5.41) is 0.734. The normalized spacial score (nSPS) is 12.8. The van der Waals surface area contributed by atoms with Crippen LogP contribution in [0.5, 0.6) is 11.5 Å². The van der Waals surface area contributed by atoms with Crippen molar-refractivity contribution < 1.29 is 14.3 Å². The maximum Gasteiger partial charge on any atom is 0.277 e. The first-order valence-electron chi connectivity index (χ1n) is 8.58. The lowest BCUT2D eigenvalue weighted by molar-refractivity contribution is 0.0992. The Kier molecular flexibility index (Phi) is 4.94. The number of benzene rings is 2. The minimum Gasteiger partial charge on any atom is -0.497 e. The summed E-state index contributed by atoms with van der Waals surface area (Å²) in [5.74, 6) is 0.777. The average molecular weight is 431 g/mol. The molecule has 0 unspecified atom stereocenters. The van der Waals surface area contributed by atoms with E-state index >= 15 is 0 Å². The number of hydrogen-bond donors (Lipinski definition) is 1. The van der Waals surface area contributed by atoms with Gasteiger partial charge in [-0.2, -0.15) is 0 Å². The molecule has 2 heterocycles. The molecule has 29 heavy (non-hydrogen) atoms. The van der Waals surface area contributed by atoms with E-state index in [9.17, 15) is 4.79 Å². The number of halogens is 2. The number of ether oxygens (including phenoxy) is 2. The lowest BCUT2D eigenvalue weighted by Gasteiger charge is -2.16.